The van der Waals surface area contributed by atoms with Crippen molar-refractivity contribution < 1.29 is 9.53 Å². The number of ether oxygens (including phenoxy) is 1. The van der Waals surface area contributed by atoms with E-state index in [1.54, 1.807) is 19.0 Å². The molecule has 2 aromatic carbocycles. The van der Waals surface area contributed by atoms with E-state index in [9.17, 15) is 4.79 Å². The van der Waals surface area contributed by atoms with Crippen molar-refractivity contribution in [3.05, 3.63) is 58.7 Å². The third kappa shape index (κ3) is 3.63. The summed E-state index contributed by atoms with van der Waals surface area (Å²) in [7, 11) is 3.54. The van der Waals surface area contributed by atoms with Gasteiger partial charge < -0.3 is 15.0 Å². The number of para-hydroxylation sites is 1. The number of nitrogens with one attached hydrogen (secondary N) is 1. The molecule has 1 aliphatic rings. The molecule has 1 N–H and O–H groups in total. The van der Waals surface area contributed by atoms with Gasteiger partial charge in [0, 0.05) is 43.9 Å². The van der Waals surface area contributed by atoms with Crippen LogP contribution in [0.25, 0.3) is 0 Å². The predicted molar refractivity (Wildman–Crippen MR) is 101 cm³/mol. The summed E-state index contributed by atoms with van der Waals surface area (Å²) in [5.74, 6) is 1.02. The van der Waals surface area contributed by atoms with E-state index in [1.807, 2.05) is 25.1 Å². The molecule has 132 valence electrons. The Bertz CT molecular complexity index is 810. The van der Waals surface area contributed by atoms with Gasteiger partial charge in [-0.2, -0.15) is 0 Å². The van der Waals surface area contributed by atoms with Gasteiger partial charge in [-0.1, -0.05) is 24.3 Å². The fourth-order valence-corrected chi connectivity index (χ4v) is 3.22. The summed E-state index contributed by atoms with van der Waals surface area (Å²) in [5, 5.41) is 3.43. The standard InChI is InChI=1S/C21H26N2O2/c1-14-9-10-17(11-18(14)20(24)23(4)5)22-13-16-8-6-7-15-12-21(2,3)25-19(15)16/h6-11,22H,12-13H2,1-5H3. The fraction of sp³-hybridized carbons (Fsp3) is 0.381. The summed E-state index contributed by atoms with van der Waals surface area (Å²) >= 11 is 0. The van der Waals surface area contributed by atoms with Crippen LogP contribution in [0.2, 0.25) is 0 Å². The van der Waals surface area contributed by atoms with Crippen molar-refractivity contribution in [2.75, 3.05) is 19.4 Å². The van der Waals surface area contributed by atoms with Gasteiger partial charge in [0.2, 0.25) is 0 Å². The first-order valence-electron chi connectivity index (χ1n) is 8.63. The Labute approximate surface area is 149 Å². The number of fused-ring (bicyclic) bond motifs is 1. The van der Waals surface area contributed by atoms with Crippen LogP contribution < -0.4 is 10.1 Å². The molecule has 0 fully saturated rings. The molecule has 0 bridgehead atoms. The lowest BCUT2D eigenvalue weighted by Gasteiger charge is -2.19. The minimum Gasteiger partial charge on any atom is -0.487 e. The van der Waals surface area contributed by atoms with Crippen molar-refractivity contribution in [2.24, 2.45) is 0 Å². The van der Waals surface area contributed by atoms with Crippen molar-refractivity contribution in [3.8, 4) is 5.75 Å². The molecule has 2 aromatic rings. The summed E-state index contributed by atoms with van der Waals surface area (Å²) in [6.07, 6.45) is 0.933. The zero-order valence-corrected chi connectivity index (χ0v) is 15.6. The normalized spacial score (nSPS) is 14.6. The molecule has 0 unspecified atom stereocenters. The first-order valence-corrected chi connectivity index (χ1v) is 8.63. The number of carbonyl (C=O) groups is 1. The molecule has 0 radical (unpaired) electrons. The van der Waals surface area contributed by atoms with Crippen LogP contribution in [0, 0.1) is 6.92 Å². The number of rotatable bonds is 4. The lowest BCUT2D eigenvalue weighted by Crippen LogP contribution is -2.25. The average Bonchev–Trinajstić information content (AvgIpc) is 2.87. The van der Waals surface area contributed by atoms with E-state index >= 15 is 0 Å². The van der Waals surface area contributed by atoms with Gasteiger partial charge in [0.05, 0.1) is 0 Å². The summed E-state index contributed by atoms with van der Waals surface area (Å²) in [6, 6.07) is 12.2. The zero-order valence-electron chi connectivity index (χ0n) is 15.6. The molecule has 1 aliphatic heterocycles. The van der Waals surface area contributed by atoms with Crippen molar-refractivity contribution in [1.29, 1.82) is 0 Å². The second kappa shape index (κ2) is 6.43. The minimum atomic E-state index is -0.145. The molecule has 0 atom stereocenters. The van der Waals surface area contributed by atoms with E-state index < -0.39 is 0 Å². The molecule has 0 aromatic heterocycles. The maximum absolute atomic E-state index is 12.3. The molecular formula is C21H26N2O2. The lowest BCUT2D eigenvalue weighted by atomic mass is 10.0. The number of aryl methyl sites for hydroxylation is 1. The SMILES string of the molecule is Cc1ccc(NCc2cccc3c2OC(C)(C)C3)cc1C(=O)N(C)C. The summed E-state index contributed by atoms with van der Waals surface area (Å²) in [6.45, 7) is 6.85. The van der Waals surface area contributed by atoms with E-state index in [0.717, 1.165) is 34.5 Å². The fourth-order valence-electron chi connectivity index (χ4n) is 3.22. The summed E-state index contributed by atoms with van der Waals surface area (Å²) < 4.78 is 6.13. The molecule has 0 spiro atoms. The van der Waals surface area contributed by atoms with Gasteiger partial charge >= 0.3 is 0 Å². The lowest BCUT2D eigenvalue weighted by molar-refractivity contribution is 0.0827. The Kier molecular flexibility index (Phi) is 4.46. The molecule has 1 heterocycles. The van der Waals surface area contributed by atoms with E-state index in [4.69, 9.17) is 4.74 Å². The Balaban J connectivity index is 1.79. The number of benzene rings is 2. The maximum atomic E-state index is 12.3. The quantitative estimate of drug-likeness (QED) is 0.915. The molecule has 0 aliphatic carbocycles. The Morgan fingerprint density at radius 1 is 1.24 bits per heavy atom. The molecular weight excluding hydrogens is 312 g/mol. The molecule has 0 saturated heterocycles. The maximum Gasteiger partial charge on any atom is 0.253 e. The highest BCUT2D eigenvalue weighted by Gasteiger charge is 2.31. The largest absolute Gasteiger partial charge is 0.487 e. The van der Waals surface area contributed by atoms with Gasteiger partial charge in [0.1, 0.15) is 11.4 Å². The third-order valence-electron chi connectivity index (χ3n) is 4.53. The van der Waals surface area contributed by atoms with Crippen LogP contribution >= 0.6 is 0 Å². The average molecular weight is 338 g/mol. The van der Waals surface area contributed by atoms with Crippen LogP contribution in [0.3, 0.4) is 0 Å². The molecule has 1 amide bonds. The molecule has 0 saturated carbocycles. The van der Waals surface area contributed by atoms with Crippen LogP contribution in [-0.2, 0) is 13.0 Å². The Hall–Kier alpha value is -2.49. The Morgan fingerprint density at radius 3 is 2.72 bits per heavy atom. The van der Waals surface area contributed by atoms with E-state index in [1.165, 1.54) is 5.56 Å². The zero-order chi connectivity index (χ0) is 18.2. The monoisotopic (exact) mass is 338 g/mol. The molecule has 4 heteroatoms. The van der Waals surface area contributed by atoms with Crippen LogP contribution in [0.15, 0.2) is 36.4 Å². The minimum absolute atomic E-state index is 0.0202. The first-order chi connectivity index (χ1) is 11.8. The van der Waals surface area contributed by atoms with Gasteiger partial charge in [-0.25, -0.2) is 0 Å². The first kappa shape index (κ1) is 17.3. The number of carbonyl (C=O) groups excluding carboxylic acids is 1. The third-order valence-corrected chi connectivity index (χ3v) is 4.53. The van der Waals surface area contributed by atoms with Crippen molar-refractivity contribution in [2.45, 2.75) is 39.3 Å². The van der Waals surface area contributed by atoms with Gasteiger partial charge in [0.25, 0.3) is 5.91 Å². The second-order valence-electron chi connectivity index (χ2n) is 7.53. The molecule has 25 heavy (non-hydrogen) atoms. The Morgan fingerprint density at radius 2 is 2.00 bits per heavy atom. The number of anilines is 1. The van der Waals surface area contributed by atoms with Gasteiger partial charge in [-0.05, 0) is 44.0 Å². The predicted octanol–water partition coefficient (Wildman–Crippen LogP) is 4.02. The van der Waals surface area contributed by atoms with Crippen LogP contribution in [0.5, 0.6) is 5.75 Å². The van der Waals surface area contributed by atoms with E-state index in [0.29, 0.717) is 6.54 Å². The highest BCUT2D eigenvalue weighted by Crippen LogP contribution is 2.37. The smallest absolute Gasteiger partial charge is 0.253 e. The summed E-state index contributed by atoms with van der Waals surface area (Å²) in [5.41, 5.74) is 4.90. The highest BCUT2D eigenvalue weighted by atomic mass is 16.5. The summed E-state index contributed by atoms with van der Waals surface area (Å²) in [4.78, 5) is 13.9. The van der Waals surface area contributed by atoms with Crippen molar-refractivity contribution in [3.63, 3.8) is 0 Å². The number of nitrogens with zero attached hydrogens (tertiary/aromatic N) is 1. The topological polar surface area (TPSA) is 41.6 Å². The van der Waals surface area contributed by atoms with Crippen molar-refractivity contribution in [1.82, 2.24) is 4.90 Å². The number of amides is 1. The van der Waals surface area contributed by atoms with Gasteiger partial charge in [-0.15, -0.1) is 0 Å². The highest BCUT2D eigenvalue weighted by molar-refractivity contribution is 5.96. The van der Waals surface area contributed by atoms with E-state index in [2.05, 4.69) is 37.4 Å². The number of hydrogen-bond acceptors (Lipinski definition) is 3. The van der Waals surface area contributed by atoms with Gasteiger partial charge in [0.15, 0.2) is 0 Å². The van der Waals surface area contributed by atoms with Crippen LogP contribution in [0.4, 0.5) is 5.69 Å². The number of hydrogen-bond donors (Lipinski definition) is 1. The van der Waals surface area contributed by atoms with Crippen LogP contribution in [0.1, 0.15) is 40.9 Å². The molecule has 4 nitrogen and oxygen atoms in total. The van der Waals surface area contributed by atoms with Crippen molar-refractivity contribution >= 4 is 11.6 Å². The molecule has 3 rings (SSSR count). The van der Waals surface area contributed by atoms with E-state index in [-0.39, 0.29) is 11.5 Å². The van der Waals surface area contributed by atoms with Crippen LogP contribution in [-0.4, -0.2) is 30.5 Å². The second-order valence-corrected chi connectivity index (χ2v) is 7.53. The van der Waals surface area contributed by atoms with Gasteiger partial charge in [-0.3, -0.25) is 4.79 Å².